The van der Waals surface area contributed by atoms with Crippen molar-refractivity contribution >= 4 is 5.91 Å². The van der Waals surface area contributed by atoms with E-state index in [4.69, 9.17) is 14.0 Å². The summed E-state index contributed by atoms with van der Waals surface area (Å²) in [6.07, 6.45) is 2.48. The average Bonchev–Trinajstić information content (AvgIpc) is 3.07. The molecule has 0 unspecified atom stereocenters. The number of ether oxygens (including phenoxy) is 2. The third-order valence-corrected chi connectivity index (χ3v) is 4.29. The van der Waals surface area contributed by atoms with Gasteiger partial charge in [0.1, 0.15) is 5.75 Å². The van der Waals surface area contributed by atoms with E-state index in [0.717, 1.165) is 12.8 Å². The predicted molar refractivity (Wildman–Crippen MR) is 90.6 cm³/mol. The molecule has 0 bridgehead atoms. The smallest absolute Gasteiger partial charge is 0.253 e. The molecule has 1 aliphatic heterocycles. The summed E-state index contributed by atoms with van der Waals surface area (Å²) in [6.45, 7) is 3.73. The minimum Gasteiger partial charge on any atom is -0.497 e. The Morgan fingerprint density at radius 3 is 2.84 bits per heavy atom. The number of benzene rings is 1. The van der Waals surface area contributed by atoms with Gasteiger partial charge >= 0.3 is 0 Å². The largest absolute Gasteiger partial charge is 0.497 e. The summed E-state index contributed by atoms with van der Waals surface area (Å²) in [4.78, 5) is 18.6. The fourth-order valence-electron chi connectivity index (χ4n) is 2.92. The van der Waals surface area contributed by atoms with Gasteiger partial charge in [0.05, 0.1) is 19.8 Å². The second kappa shape index (κ2) is 8.11. The molecule has 7 nitrogen and oxygen atoms in total. The summed E-state index contributed by atoms with van der Waals surface area (Å²) in [6, 6.07) is 7.27. The van der Waals surface area contributed by atoms with Gasteiger partial charge in [-0.25, -0.2) is 0 Å². The first-order chi connectivity index (χ1) is 12.2. The summed E-state index contributed by atoms with van der Waals surface area (Å²) in [5.41, 5.74) is 0.659. The molecular formula is C18H23N3O4. The van der Waals surface area contributed by atoms with E-state index < -0.39 is 0 Å². The number of carbonyl (C=O) groups is 1. The van der Waals surface area contributed by atoms with Gasteiger partial charge in [0.15, 0.2) is 5.82 Å². The van der Waals surface area contributed by atoms with E-state index in [-0.39, 0.29) is 12.0 Å². The molecular weight excluding hydrogens is 322 g/mol. The monoisotopic (exact) mass is 345 g/mol. The number of aryl methyl sites for hydroxylation is 1. The molecule has 1 aromatic carbocycles. The van der Waals surface area contributed by atoms with Crippen molar-refractivity contribution in [3.8, 4) is 5.75 Å². The Labute approximate surface area is 146 Å². The van der Waals surface area contributed by atoms with Gasteiger partial charge in [-0.1, -0.05) is 11.2 Å². The maximum atomic E-state index is 12.6. The third kappa shape index (κ3) is 4.57. The maximum Gasteiger partial charge on any atom is 0.253 e. The zero-order valence-corrected chi connectivity index (χ0v) is 14.6. The van der Waals surface area contributed by atoms with Crippen molar-refractivity contribution in [2.75, 3.05) is 26.8 Å². The highest BCUT2D eigenvalue weighted by atomic mass is 16.5. The van der Waals surface area contributed by atoms with Crippen molar-refractivity contribution in [2.45, 2.75) is 32.3 Å². The number of aromatic nitrogens is 2. The van der Waals surface area contributed by atoms with Crippen molar-refractivity contribution in [1.82, 2.24) is 15.0 Å². The fraction of sp³-hybridized carbons (Fsp3) is 0.500. The van der Waals surface area contributed by atoms with Gasteiger partial charge in [0, 0.05) is 32.0 Å². The lowest BCUT2D eigenvalue weighted by Crippen LogP contribution is -2.41. The van der Waals surface area contributed by atoms with Crippen LogP contribution in [-0.4, -0.2) is 53.9 Å². The summed E-state index contributed by atoms with van der Waals surface area (Å²) in [7, 11) is 1.60. The van der Waals surface area contributed by atoms with Crippen molar-refractivity contribution < 1.29 is 18.8 Å². The highest BCUT2D eigenvalue weighted by Crippen LogP contribution is 2.19. The van der Waals surface area contributed by atoms with Crippen LogP contribution in [0.1, 0.15) is 34.9 Å². The molecule has 0 radical (unpaired) electrons. The lowest BCUT2D eigenvalue weighted by atomic mass is 10.1. The molecule has 0 atom stereocenters. The number of hydrogen-bond acceptors (Lipinski definition) is 6. The average molecular weight is 345 g/mol. The lowest BCUT2D eigenvalue weighted by molar-refractivity contribution is 0.00946. The van der Waals surface area contributed by atoms with E-state index in [2.05, 4.69) is 10.1 Å². The normalized spacial score (nSPS) is 15.4. The van der Waals surface area contributed by atoms with Crippen molar-refractivity contribution in [3.63, 3.8) is 0 Å². The van der Waals surface area contributed by atoms with E-state index in [0.29, 0.717) is 49.1 Å². The van der Waals surface area contributed by atoms with Gasteiger partial charge in [-0.2, -0.15) is 4.98 Å². The van der Waals surface area contributed by atoms with E-state index in [1.54, 1.807) is 20.1 Å². The number of nitrogens with zero attached hydrogens (tertiary/aromatic N) is 3. The number of piperidine rings is 1. The molecule has 1 aliphatic rings. The second-order valence-electron chi connectivity index (χ2n) is 6.07. The fourth-order valence-corrected chi connectivity index (χ4v) is 2.92. The Hall–Kier alpha value is -2.41. The Bertz CT molecular complexity index is 708. The molecule has 7 heteroatoms. The van der Waals surface area contributed by atoms with Crippen LogP contribution in [0.2, 0.25) is 0 Å². The first kappa shape index (κ1) is 17.4. The van der Waals surface area contributed by atoms with Gasteiger partial charge in [-0.3, -0.25) is 4.79 Å². The Morgan fingerprint density at radius 1 is 1.36 bits per heavy atom. The van der Waals surface area contributed by atoms with E-state index in [1.807, 2.05) is 23.1 Å². The zero-order chi connectivity index (χ0) is 17.6. The molecule has 1 amide bonds. The number of carbonyl (C=O) groups excluding carboxylic acids is 1. The molecule has 3 rings (SSSR count). The molecule has 2 aromatic rings. The summed E-state index contributed by atoms with van der Waals surface area (Å²) in [5, 5.41) is 3.85. The topological polar surface area (TPSA) is 77.7 Å². The summed E-state index contributed by atoms with van der Waals surface area (Å²) in [5.74, 6) is 1.97. The predicted octanol–water partition coefficient (Wildman–Crippen LogP) is 2.25. The molecule has 25 heavy (non-hydrogen) atoms. The molecule has 134 valence electrons. The number of methoxy groups -OCH3 is 1. The minimum absolute atomic E-state index is 0.0413. The van der Waals surface area contributed by atoms with Crippen LogP contribution in [0, 0.1) is 6.92 Å². The molecule has 0 spiro atoms. The van der Waals surface area contributed by atoms with Gasteiger partial charge in [0.2, 0.25) is 5.89 Å². The van der Waals surface area contributed by atoms with Crippen LogP contribution in [0.3, 0.4) is 0 Å². The molecule has 1 saturated heterocycles. The van der Waals surface area contributed by atoms with Gasteiger partial charge in [-0.15, -0.1) is 0 Å². The van der Waals surface area contributed by atoms with Crippen molar-refractivity contribution in [1.29, 1.82) is 0 Å². The highest BCUT2D eigenvalue weighted by molar-refractivity contribution is 5.94. The Balaban J connectivity index is 1.44. The summed E-state index contributed by atoms with van der Waals surface area (Å²) >= 11 is 0. The van der Waals surface area contributed by atoms with Crippen LogP contribution < -0.4 is 4.74 Å². The van der Waals surface area contributed by atoms with Crippen LogP contribution in [-0.2, 0) is 11.2 Å². The molecule has 0 N–H and O–H groups in total. The van der Waals surface area contributed by atoms with E-state index in [9.17, 15) is 4.79 Å². The van der Waals surface area contributed by atoms with E-state index in [1.165, 1.54) is 0 Å². The number of hydrogen-bond donors (Lipinski definition) is 0. The standard InChI is InChI=1S/C18H23N3O4/c1-13-19-17(20-25-13)8-11-24-15-6-9-21(10-7-15)18(22)14-4-3-5-16(12-14)23-2/h3-5,12,15H,6-11H2,1-2H3. The third-order valence-electron chi connectivity index (χ3n) is 4.29. The Kier molecular flexibility index (Phi) is 5.65. The minimum atomic E-state index is 0.0413. The molecule has 0 aliphatic carbocycles. The lowest BCUT2D eigenvalue weighted by Gasteiger charge is -2.32. The maximum absolute atomic E-state index is 12.6. The number of rotatable bonds is 6. The van der Waals surface area contributed by atoms with Crippen LogP contribution in [0.15, 0.2) is 28.8 Å². The first-order valence-electron chi connectivity index (χ1n) is 8.50. The first-order valence-corrected chi connectivity index (χ1v) is 8.50. The molecule has 1 aromatic heterocycles. The molecule has 0 saturated carbocycles. The summed E-state index contributed by atoms with van der Waals surface area (Å²) < 4.78 is 16.0. The van der Waals surface area contributed by atoms with Gasteiger partial charge in [0.25, 0.3) is 5.91 Å². The molecule has 2 heterocycles. The molecule has 1 fully saturated rings. The quantitative estimate of drug-likeness (QED) is 0.799. The zero-order valence-electron chi connectivity index (χ0n) is 14.6. The van der Waals surface area contributed by atoms with E-state index >= 15 is 0 Å². The van der Waals surface area contributed by atoms with Gasteiger partial charge in [-0.05, 0) is 31.0 Å². The highest BCUT2D eigenvalue weighted by Gasteiger charge is 2.24. The number of likely N-dealkylation sites (tertiary alicyclic amines) is 1. The van der Waals surface area contributed by atoms with Crippen LogP contribution in [0.25, 0.3) is 0 Å². The van der Waals surface area contributed by atoms with Crippen LogP contribution in [0.4, 0.5) is 0 Å². The Morgan fingerprint density at radius 2 is 2.16 bits per heavy atom. The van der Waals surface area contributed by atoms with Crippen molar-refractivity contribution in [3.05, 3.63) is 41.5 Å². The van der Waals surface area contributed by atoms with Crippen LogP contribution in [0.5, 0.6) is 5.75 Å². The van der Waals surface area contributed by atoms with Crippen molar-refractivity contribution in [2.24, 2.45) is 0 Å². The SMILES string of the molecule is COc1cccc(C(=O)N2CCC(OCCc3noc(C)n3)CC2)c1. The second-order valence-corrected chi connectivity index (χ2v) is 6.07. The van der Waals surface area contributed by atoms with Crippen LogP contribution >= 0.6 is 0 Å². The number of amides is 1. The van der Waals surface area contributed by atoms with Gasteiger partial charge < -0.3 is 18.9 Å².